The van der Waals surface area contributed by atoms with E-state index in [4.69, 9.17) is 10.8 Å². The van der Waals surface area contributed by atoms with Gasteiger partial charge in [0.2, 0.25) is 0 Å². The first-order valence-electron chi connectivity index (χ1n) is 3.61. The van der Waals surface area contributed by atoms with Gasteiger partial charge in [0.25, 0.3) is 0 Å². The number of aryl methyl sites for hydroxylation is 2. The third-order valence-corrected chi connectivity index (χ3v) is 1.89. The summed E-state index contributed by atoms with van der Waals surface area (Å²) in [6.07, 6.45) is 0. The maximum absolute atomic E-state index is 8.88. The van der Waals surface area contributed by atoms with Gasteiger partial charge in [0.05, 0.1) is 6.61 Å². The van der Waals surface area contributed by atoms with Gasteiger partial charge in [-0.15, -0.1) is 0 Å². The third kappa shape index (κ3) is 1.52. The van der Waals surface area contributed by atoms with Crippen molar-refractivity contribution in [2.75, 3.05) is 5.73 Å². The quantitative estimate of drug-likeness (QED) is 0.595. The summed E-state index contributed by atoms with van der Waals surface area (Å²) >= 11 is 0. The molecule has 1 rings (SSSR count). The Bertz CT molecular complexity index is 269. The molecule has 0 atom stereocenters. The average molecular weight is 151 g/mol. The van der Waals surface area contributed by atoms with Gasteiger partial charge in [-0.3, -0.25) is 0 Å². The van der Waals surface area contributed by atoms with Crippen molar-refractivity contribution < 1.29 is 5.11 Å². The number of aliphatic hydroxyl groups is 1. The van der Waals surface area contributed by atoms with Gasteiger partial charge in [0, 0.05) is 5.69 Å². The molecule has 60 valence electrons. The van der Waals surface area contributed by atoms with Crippen LogP contribution in [0.15, 0.2) is 12.1 Å². The van der Waals surface area contributed by atoms with Crippen LogP contribution in [0.25, 0.3) is 0 Å². The van der Waals surface area contributed by atoms with Crippen LogP contribution in [0.5, 0.6) is 0 Å². The molecular formula is C9H13NO. The molecule has 0 aliphatic carbocycles. The number of hydrogen-bond donors (Lipinski definition) is 2. The summed E-state index contributed by atoms with van der Waals surface area (Å²) in [5.74, 6) is 0. The van der Waals surface area contributed by atoms with Gasteiger partial charge in [-0.25, -0.2) is 0 Å². The van der Waals surface area contributed by atoms with Crippen molar-refractivity contribution in [1.82, 2.24) is 0 Å². The molecule has 0 fully saturated rings. The lowest BCUT2D eigenvalue weighted by molar-refractivity contribution is 0.281. The number of aliphatic hydroxyl groups excluding tert-OH is 1. The summed E-state index contributed by atoms with van der Waals surface area (Å²) in [6, 6.07) is 3.81. The smallest absolute Gasteiger partial charge is 0.0685 e. The van der Waals surface area contributed by atoms with E-state index in [-0.39, 0.29) is 6.61 Å². The molecule has 1 aromatic rings. The standard InChI is InChI=1S/C9H13NO/c1-6-3-7(2)9(10)4-8(6)5-11/h3-4,11H,5,10H2,1-2H3. The van der Waals surface area contributed by atoms with Crippen LogP contribution in [0, 0.1) is 13.8 Å². The van der Waals surface area contributed by atoms with Crippen molar-refractivity contribution >= 4 is 5.69 Å². The molecule has 0 aliphatic heterocycles. The highest BCUT2D eigenvalue weighted by atomic mass is 16.3. The fourth-order valence-corrected chi connectivity index (χ4v) is 1.09. The first kappa shape index (κ1) is 8.08. The maximum Gasteiger partial charge on any atom is 0.0685 e. The lowest BCUT2D eigenvalue weighted by Gasteiger charge is -2.06. The molecule has 0 saturated carbocycles. The van der Waals surface area contributed by atoms with Crippen molar-refractivity contribution in [3.8, 4) is 0 Å². The molecule has 0 aliphatic rings. The molecule has 11 heavy (non-hydrogen) atoms. The summed E-state index contributed by atoms with van der Waals surface area (Å²) in [5, 5.41) is 8.88. The first-order valence-corrected chi connectivity index (χ1v) is 3.61. The molecule has 3 N–H and O–H groups in total. The van der Waals surface area contributed by atoms with E-state index in [2.05, 4.69) is 0 Å². The zero-order chi connectivity index (χ0) is 8.43. The van der Waals surface area contributed by atoms with Crippen molar-refractivity contribution in [1.29, 1.82) is 0 Å². The van der Waals surface area contributed by atoms with Crippen LogP contribution >= 0.6 is 0 Å². The second-order valence-corrected chi connectivity index (χ2v) is 2.79. The molecule has 0 radical (unpaired) electrons. The highest BCUT2D eigenvalue weighted by molar-refractivity contribution is 5.51. The maximum atomic E-state index is 8.88. The van der Waals surface area contributed by atoms with Gasteiger partial charge in [-0.2, -0.15) is 0 Å². The Morgan fingerprint density at radius 1 is 1.27 bits per heavy atom. The van der Waals surface area contributed by atoms with Gasteiger partial charge in [0.1, 0.15) is 0 Å². The second kappa shape index (κ2) is 2.93. The van der Waals surface area contributed by atoms with Crippen LogP contribution < -0.4 is 5.73 Å². The third-order valence-electron chi connectivity index (χ3n) is 1.89. The zero-order valence-electron chi connectivity index (χ0n) is 6.89. The van der Waals surface area contributed by atoms with Crippen LogP contribution in [0.3, 0.4) is 0 Å². The minimum atomic E-state index is 0.0658. The van der Waals surface area contributed by atoms with E-state index in [9.17, 15) is 0 Å². The number of hydrogen-bond acceptors (Lipinski definition) is 2. The highest BCUT2D eigenvalue weighted by Gasteiger charge is 1.99. The fourth-order valence-electron chi connectivity index (χ4n) is 1.09. The summed E-state index contributed by atoms with van der Waals surface area (Å²) in [5.41, 5.74) is 9.48. The lowest BCUT2D eigenvalue weighted by Crippen LogP contribution is -1.95. The van der Waals surface area contributed by atoms with Crippen molar-refractivity contribution in [2.45, 2.75) is 20.5 Å². The molecule has 0 heterocycles. The summed E-state index contributed by atoms with van der Waals surface area (Å²) < 4.78 is 0. The van der Waals surface area contributed by atoms with Gasteiger partial charge in [-0.1, -0.05) is 6.07 Å². The van der Waals surface area contributed by atoms with Gasteiger partial charge in [-0.05, 0) is 36.6 Å². The largest absolute Gasteiger partial charge is 0.399 e. The van der Waals surface area contributed by atoms with Crippen LogP contribution in [0.2, 0.25) is 0 Å². The summed E-state index contributed by atoms with van der Waals surface area (Å²) in [7, 11) is 0. The Labute approximate surface area is 66.7 Å². The number of benzene rings is 1. The number of nitrogens with two attached hydrogens (primary N) is 1. The van der Waals surface area contributed by atoms with E-state index in [1.54, 1.807) is 0 Å². The van der Waals surface area contributed by atoms with Crippen LogP contribution in [0.4, 0.5) is 5.69 Å². The molecule has 0 bridgehead atoms. The van der Waals surface area contributed by atoms with Gasteiger partial charge >= 0.3 is 0 Å². The SMILES string of the molecule is Cc1cc(C)c(CO)cc1N. The topological polar surface area (TPSA) is 46.2 Å². The first-order chi connectivity index (χ1) is 5.15. The molecule has 0 amide bonds. The van der Waals surface area contributed by atoms with E-state index in [1.807, 2.05) is 26.0 Å². The van der Waals surface area contributed by atoms with E-state index >= 15 is 0 Å². The average Bonchev–Trinajstić information content (AvgIpc) is 1.97. The van der Waals surface area contributed by atoms with E-state index in [0.717, 1.165) is 22.4 Å². The van der Waals surface area contributed by atoms with Crippen LogP contribution in [-0.2, 0) is 6.61 Å². The molecule has 1 aromatic carbocycles. The Kier molecular flexibility index (Phi) is 2.15. The van der Waals surface area contributed by atoms with E-state index in [0.29, 0.717) is 0 Å². The minimum absolute atomic E-state index is 0.0658. The summed E-state index contributed by atoms with van der Waals surface area (Å²) in [6.45, 7) is 4.00. The Hall–Kier alpha value is -1.02. The molecule has 0 aromatic heterocycles. The van der Waals surface area contributed by atoms with Crippen molar-refractivity contribution in [2.24, 2.45) is 0 Å². The molecule has 2 heteroatoms. The van der Waals surface area contributed by atoms with Gasteiger partial charge in [0.15, 0.2) is 0 Å². The van der Waals surface area contributed by atoms with Gasteiger partial charge < -0.3 is 10.8 Å². The number of nitrogen functional groups attached to an aromatic ring is 1. The molecule has 0 spiro atoms. The number of anilines is 1. The molecular weight excluding hydrogens is 138 g/mol. The molecule has 2 nitrogen and oxygen atoms in total. The normalized spacial score (nSPS) is 10.1. The van der Waals surface area contributed by atoms with Crippen LogP contribution in [0.1, 0.15) is 16.7 Å². The lowest BCUT2D eigenvalue weighted by atomic mass is 10.0. The van der Waals surface area contributed by atoms with E-state index in [1.165, 1.54) is 0 Å². The monoisotopic (exact) mass is 151 g/mol. The second-order valence-electron chi connectivity index (χ2n) is 2.79. The number of rotatable bonds is 1. The van der Waals surface area contributed by atoms with Crippen molar-refractivity contribution in [3.63, 3.8) is 0 Å². The summed E-state index contributed by atoms with van der Waals surface area (Å²) in [4.78, 5) is 0. The highest BCUT2D eigenvalue weighted by Crippen LogP contribution is 2.17. The predicted molar refractivity (Wildman–Crippen MR) is 46.3 cm³/mol. The molecule has 0 unspecified atom stereocenters. The van der Waals surface area contributed by atoms with Crippen molar-refractivity contribution in [3.05, 3.63) is 28.8 Å². The molecule has 0 saturated heterocycles. The Morgan fingerprint density at radius 2 is 1.91 bits per heavy atom. The predicted octanol–water partition coefficient (Wildman–Crippen LogP) is 1.38. The Balaban J connectivity index is 3.21. The fraction of sp³-hybridized carbons (Fsp3) is 0.333. The minimum Gasteiger partial charge on any atom is -0.399 e. The zero-order valence-corrected chi connectivity index (χ0v) is 6.89. The van der Waals surface area contributed by atoms with Crippen LogP contribution in [-0.4, -0.2) is 5.11 Å². The van der Waals surface area contributed by atoms with E-state index < -0.39 is 0 Å². The Morgan fingerprint density at radius 3 is 2.45 bits per heavy atom.